The van der Waals surface area contributed by atoms with Gasteiger partial charge in [0.05, 0.1) is 31.0 Å². The lowest BCUT2D eigenvalue weighted by molar-refractivity contribution is -0.152. The Kier molecular flexibility index (Phi) is 6.07. The van der Waals surface area contributed by atoms with Gasteiger partial charge in [-0.1, -0.05) is 6.92 Å². The van der Waals surface area contributed by atoms with Gasteiger partial charge in [-0.05, 0) is 6.42 Å². The first-order chi connectivity index (χ1) is 13.4. The zero-order valence-electron chi connectivity index (χ0n) is 15.3. The van der Waals surface area contributed by atoms with Gasteiger partial charge in [-0.2, -0.15) is 5.10 Å². The van der Waals surface area contributed by atoms with Crippen LogP contribution < -0.4 is 16.6 Å². The standard InChI is InChI=1S/C17H23N5O6/c1-2-4-22-7-10(6-18-22)16(26)19-11-9-28-12(15(25)14(11)24)8-21-5-3-13(23)20-17(21)27/h3,5-7,11-12,14-15,24-25H,2,4,8-9H2,1H3,(H,19,26)(H,20,23,27)/t11-,12-,14+,15-/m1/s1. The molecule has 3 heterocycles. The summed E-state index contributed by atoms with van der Waals surface area (Å²) >= 11 is 0. The van der Waals surface area contributed by atoms with Crippen molar-refractivity contribution in [2.45, 2.75) is 50.8 Å². The number of H-pyrrole nitrogens is 1. The van der Waals surface area contributed by atoms with E-state index in [9.17, 15) is 24.6 Å². The Morgan fingerprint density at radius 3 is 2.89 bits per heavy atom. The number of aryl methyl sites for hydroxylation is 1. The van der Waals surface area contributed by atoms with E-state index in [4.69, 9.17) is 4.74 Å². The molecule has 1 aliphatic rings. The molecule has 28 heavy (non-hydrogen) atoms. The van der Waals surface area contributed by atoms with Crippen molar-refractivity contribution in [2.24, 2.45) is 0 Å². The fourth-order valence-corrected chi connectivity index (χ4v) is 3.04. The van der Waals surface area contributed by atoms with Crippen LogP contribution in [0, 0.1) is 0 Å². The number of rotatable bonds is 6. The Hall–Kier alpha value is -2.76. The third-order valence-electron chi connectivity index (χ3n) is 4.57. The van der Waals surface area contributed by atoms with Crippen molar-refractivity contribution in [1.29, 1.82) is 0 Å². The molecular formula is C17H23N5O6. The fourth-order valence-electron chi connectivity index (χ4n) is 3.04. The van der Waals surface area contributed by atoms with Crippen LogP contribution in [0.1, 0.15) is 23.7 Å². The van der Waals surface area contributed by atoms with E-state index in [0.29, 0.717) is 12.1 Å². The number of carbonyl (C=O) groups is 1. The number of aromatic amines is 1. The SMILES string of the molecule is CCCn1cc(C(=O)N[C@@H]2CO[C@H](Cn3ccc(=O)[nH]c3=O)[C@@H](O)[C@H]2O)cn1. The summed E-state index contributed by atoms with van der Waals surface area (Å²) in [5.41, 5.74) is -0.828. The third kappa shape index (κ3) is 4.38. The normalized spacial score (nSPS) is 24.8. The Morgan fingerprint density at radius 2 is 2.18 bits per heavy atom. The molecule has 4 N–H and O–H groups in total. The number of hydrogen-bond donors (Lipinski definition) is 4. The molecule has 0 radical (unpaired) electrons. The Labute approximate surface area is 159 Å². The van der Waals surface area contributed by atoms with Crippen molar-refractivity contribution in [2.75, 3.05) is 6.61 Å². The second-order valence-electron chi connectivity index (χ2n) is 6.69. The smallest absolute Gasteiger partial charge is 0.328 e. The molecule has 1 aliphatic heterocycles. The van der Waals surface area contributed by atoms with E-state index in [1.807, 2.05) is 6.92 Å². The van der Waals surface area contributed by atoms with E-state index in [-0.39, 0.29) is 13.2 Å². The molecule has 0 saturated carbocycles. The van der Waals surface area contributed by atoms with Crippen LogP contribution in [0.25, 0.3) is 0 Å². The molecule has 3 rings (SSSR count). The molecule has 152 valence electrons. The lowest BCUT2D eigenvalue weighted by Crippen LogP contribution is -2.60. The lowest BCUT2D eigenvalue weighted by Gasteiger charge is -2.38. The molecule has 0 aliphatic carbocycles. The monoisotopic (exact) mass is 393 g/mol. The lowest BCUT2D eigenvalue weighted by atomic mass is 9.97. The predicted octanol–water partition coefficient (Wildman–Crippen LogP) is -1.94. The topological polar surface area (TPSA) is 151 Å². The van der Waals surface area contributed by atoms with E-state index in [1.54, 1.807) is 10.9 Å². The molecule has 0 spiro atoms. The first-order valence-electron chi connectivity index (χ1n) is 9.00. The highest BCUT2D eigenvalue weighted by Crippen LogP contribution is 2.17. The number of aliphatic hydroxyl groups is 2. The molecule has 0 aromatic carbocycles. The van der Waals surface area contributed by atoms with E-state index < -0.39 is 41.5 Å². The van der Waals surface area contributed by atoms with E-state index in [1.165, 1.54) is 23.0 Å². The van der Waals surface area contributed by atoms with Crippen molar-refractivity contribution in [1.82, 2.24) is 24.6 Å². The number of nitrogens with one attached hydrogen (secondary N) is 2. The van der Waals surface area contributed by atoms with Gasteiger partial charge in [0, 0.05) is 25.0 Å². The van der Waals surface area contributed by atoms with Crippen LogP contribution in [0.5, 0.6) is 0 Å². The van der Waals surface area contributed by atoms with Crippen molar-refractivity contribution in [3.63, 3.8) is 0 Å². The summed E-state index contributed by atoms with van der Waals surface area (Å²) in [6.07, 6.45) is 1.71. The van der Waals surface area contributed by atoms with Gasteiger partial charge in [0.2, 0.25) is 0 Å². The van der Waals surface area contributed by atoms with Crippen LogP contribution in [0.4, 0.5) is 0 Å². The van der Waals surface area contributed by atoms with Gasteiger partial charge in [0.15, 0.2) is 0 Å². The van der Waals surface area contributed by atoms with Gasteiger partial charge in [-0.3, -0.25) is 23.8 Å². The first kappa shape index (κ1) is 20.0. The number of carbonyl (C=O) groups excluding carboxylic acids is 1. The summed E-state index contributed by atoms with van der Waals surface area (Å²) in [6.45, 7) is 2.58. The number of aromatic nitrogens is 4. The van der Waals surface area contributed by atoms with E-state index >= 15 is 0 Å². The van der Waals surface area contributed by atoms with E-state index in [2.05, 4.69) is 15.4 Å². The van der Waals surface area contributed by atoms with Crippen LogP contribution in [-0.4, -0.2) is 66.4 Å². The van der Waals surface area contributed by atoms with Crippen molar-refractivity contribution >= 4 is 5.91 Å². The highest BCUT2D eigenvalue weighted by atomic mass is 16.5. The second-order valence-corrected chi connectivity index (χ2v) is 6.69. The molecule has 2 aromatic rings. The average molecular weight is 393 g/mol. The molecule has 0 unspecified atom stereocenters. The maximum absolute atomic E-state index is 12.3. The first-order valence-corrected chi connectivity index (χ1v) is 9.00. The molecule has 1 amide bonds. The number of aliphatic hydroxyl groups excluding tert-OH is 2. The van der Waals surface area contributed by atoms with Crippen molar-refractivity contribution < 1.29 is 19.7 Å². The molecule has 2 aromatic heterocycles. The van der Waals surface area contributed by atoms with Gasteiger partial charge in [-0.15, -0.1) is 0 Å². The fraction of sp³-hybridized carbons (Fsp3) is 0.529. The zero-order chi connectivity index (χ0) is 20.3. The highest BCUT2D eigenvalue weighted by molar-refractivity contribution is 5.93. The Morgan fingerprint density at radius 1 is 1.39 bits per heavy atom. The summed E-state index contributed by atoms with van der Waals surface area (Å²) < 4.78 is 8.36. The van der Waals surface area contributed by atoms with Crippen molar-refractivity contribution in [3.05, 3.63) is 51.1 Å². The quantitative estimate of drug-likeness (QED) is 0.446. The minimum Gasteiger partial charge on any atom is -0.388 e. The predicted molar refractivity (Wildman–Crippen MR) is 96.8 cm³/mol. The highest BCUT2D eigenvalue weighted by Gasteiger charge is 2.39. The van der Waals surface area contributed by atoms with Crippen LogP contribution >= 0.6 is 0 Å². The summed E-state index contributed by atoms with van der Waals surface area (Å²) in [6, 6.07) is 0.356. The van der Waals surface area contributed by atoms with E-state index in [0.717, 1.165) is 6.42 Å². The molecular weight excluding hydrogens is 370 g/mol. The minimum atomic E-state index is -1.33. The number of hydrogen-bond acceptors (Lipinski definition) is 7. The summed E-state index contributed by atoms with van der Waals surface area (Å²) in [4.78, 5) is 37.3. The molecule has 1 fully saturated rings. The van der Waals surface area contributed by atoms with Crippen LogP contribution in [0.2, 0.25) is 0 Å². The third-order valence-corrected chi connectivity index (χ3v) is 4.57. The van der Waals surface area contributed by atoms with Gasteiger partial charge in [0.25, 0.3) is 11.5 Å². The second kappa shape index (κ2) is 8.50. The minimum absolute atomic E-state index is 0.0458. The largest absolute Gasteiger partial charge is 0.388 e. The van der Waals surface area contributed by atoms with Gasteiger partial charge < -0.3 is 20.3 Å². The van der Waals surface area contributed by atoms with Crippen molar-refractivity contribution in [3.8, 4) is 0 Å². The Bertz CT molecular complexity index is 934. The number of ether oxygens (including phenoxy) is 1. The maximum Gasteiger partial charge on any atom is 0.328 e. The summed E-state index contributed by atoms with van der Waals surface area (Å²) in [5.74, 6) is -0.433. The molecule has 0 bridgehead atoms. The summed E-state index contributed by atoms with van der Waals surface area (Å²) in [7, 11) is 0. The zero-order valence-corrected chi connectivity index (χ0v) is 15.3. The number of nitrogens with zero attached hydrogens (tertiary/aromatic N) is 3. The maximum atomic E-state index is 12.3. The molecule has 1 saturated heterocycles. The molecule has 4 atom stereocenters. The van der Waals surface area contributed by atoms with Crippen LogP contribution in [0.15, 0.2) is 34.2 Å². The molecule has 11 nitrogen and oxygen atoms in total. The average Bonchev–Trinajstić information content (AvgIpc) is 3.12. The van der Waals surface area contributed by atoms with Gasteiger partial charge in [0.1, 0.15) is 18.3 Å². The Balaban J connectivity index is 1.61. The molecule has 11 heteroatoms. The van der Waals surface area contributed by atoms with Gasteiger partial charge in [-0.25, -0.2) is 4.79 Å². The number of amides is 1. The van der Waals surface area contributed by atoms with Crippen LogP contribution in [0.3, 0.4) is 0 Å². The van der Waals surface area contributed by atoms with Crippen LogP contribution in [-0.2, 0) is 17.8 Å². The van der Waals surface area contributed by atoms with Gasteiger partial charge >= 0.3 is 5.69 Å². The summed E-state index contributed by atoms with van der Waals surface area (Å²) in [5, 5.41) is 27.4.